The molecule has 0 amide bonds. The van der Waals surface area contributed by atoms with Gasteiger partial charge in [0.15, 0.2) is 5.75 Å². The highest BCUT2D eigenvalue weighted by atomic mass is 16.5. The molecule has 1 atom stereocenters. The number of para-hydroxylation sites is 1. The van der Waals surface area contributed by atoms with Crippen LogP contribution in [0.25, 0.3) is 0 Å². The summed E-state index contributed by atoms with van der Waals surface area (Å²) in [4.78, 5) is 11.5. The van der Waals surface area contributed by atoms with Gasteiger partial charge in [-0.1, -0.05) is 6.07 Å². The number of hydrogen-bond donors (Lipinski definition) is 1. The Kier molecular flexibility index (Phi) is 3.15. The summed E-state index contributed by atoms with van der Waals surface area (Å²) in [7, 11) is 1.33. The highest BCUT2D eigenvalue weighted by molar-refractivity contribution is 5.95. The molecule has 1 aromatic rings. The Balaban J connectivity index is 2.30. The van der Waals surface area contributed by atoms with Gasteiger partial charge in [-0.15, -0.1) is 0 Å². The van der Waals surface area contributed by atoms with E-state index in [1.54, 1.807) is 12.1 Å². The van der Waals surface area contributed by atoms with Crippen molar-refractivity contribution in [1.29, 1.82) is 5.26 Å². The van der Waals surface area contributed by atoms with Crippen LogP contribution in [0.2, 0.25) is 0 Å². The third-order valence-electron chi connectivity index (χ3n) is 2.55. The number of benzene rings is 1. The Morgan fingerprint density at radius 3 is 3.24 bits per heavy atom. The van der Waals surface area contributed by atoms with Crippen LogP contribution >= 0.6 is 0 Å². The van der Waals surface area contributed by atoms with Crippen LogP contribution in [0.1, 0.15) is 16.8 Å². The van der Waals surface area contributed by atoms with Crippen molar-refractivity contribution in [3.8, 4) is 11.8 Å². The molecule has 17 heavy (non-hydrogen) atoms. The molecule has 0 saturated heterocycles. The molecule has 1 unspecified atom stereocenters. The molecule has 1 aromatic carbocycles. The van der Waals surface area contributed by atoms with Crippen LogP contribution in [0.3, 0.4) is 0 Å². The fourth-order valence-corrected chi connectivity index (χ4v) is 1.74. The minimum atomic E-state index is -0.428. The number of rotatable bonds is 2. The second-order valence-corrected chi connectivity index (χ2v) is 3.69. The molecular formula is C12H12N2O3. The van der Waals surface area contributed by atoms with Crippen molar-refractivity contribution in [2.75, 3.05) is 19.0 Å². The van der Waals surface area contributed by atoms with Gasteiger partial charge >= 0.3 is 5.97 Å². The van der Waals surface area contributed by atoms with Gasteiger partial charge in [-0.3, -0.25) is 0 Å². The van der Waals surface area contributed by atoms with Gasteiger partial charge in [0.25, 0.3) is 0 Å². The predicted octanol–water partition coefficient (Wildman–Crippen LogP) is 1.56. The zero-order valence-corrected chi connectivity index (χ0v) is 9.40. The Labute approximate surface area is 98.9 Å². The third kappa shape index (κ3) is 2.16. The number of carbonyl (C=O) groups is 1. The zero-order chi connectivity index (χ0) is 12.3. The van der Waals surface area contributed by atoms with Gasteiger partial charge in [-0.25, -0.2) is 4.79 Å². The summed E-state index contributed by atoms with van der Waals surface area (Å²) in [5.41, 5.74) is 1.12. The smallest absolute Gasteiger partial charge is 0.341 e. The second kappa shape index (κ2) is 4.74. The van der Waals surface area contributed by atoms with E-state index in [0.29, 0.717) is 24.3 Å². The average molecular weight is 232 g/mol. The molecule has 2 rings (SSSR count). The van der Waals surface area contributed by atoms with Crippen LogP contribution in [0, 0.1) is 11.3 Å². The summed E-state index contributed by atoms with van der Waals surface area (Å²) in [6, 6.07) is 7.25. The Hall–Kier alpha value is -2.22. The number of ether oxygens (including phenoxy) is 2. The van der Waals surface area contributed by atoms with Gasteiger partial charge in [0.1, 0.15) is 12.2 Å². The van der Waals surface area contributed by atoms with Crippen molar-refractivity contribution in [3.63, 3.8) is 0 Å². The number of carbonyl (C=O) groups excluding carboxylic acids is 1. The minimum absolute atomic E-state index is 0.0413. The lowest BCUT2D eigenvalue weighted by atomic mass is 10.1. The first-order valence-electron chi connectivity index (χ1n) is 5.24. The third-order valence-corrected chi connectivity index (χ3v) is 2.55. The molecule has 0 bridgehead atoms. The first-order valence-corrected chi connectivity index (χ1v) is 5.24. The van der Waals surface area contributed by atoms with Crippen molar-refractivity contribution in [1.82, 2.24) is 0 Å². The molecule has 0 saturated carbocycles. The highest BCUT2D eigenvalue weighted by Gasteiger charge is 2.23. The number of nitriles is 1. The molecule has 0 aromatic heterocycles. The summed E-state index contributed by atoms with van der Waals surface area (Å²) in [6.07, 6.45) is 0.363. The van der Waals surface area contributed by atoms with Crippen LogP contribution in [0.4, 0.5) is 5.69 Å². The van der Waals surface area contributed by atoms with Gasteiger partial charge < -0.3 is 14.8 Å². The van der Waals surface area contributed by atoms with Crippen LogP contribution in [0.15, 0.2) is 18.2 Å². The van der Waals surface area contributed by atoms with E-state index in [-0.39, 0.29) is 6.04 Å². The maximum atomic E-state index is 11.5. The summed E-state index contributed by atoms with van der Waals surface area (Å²) >= 11 is 0. The normalized spacial score (nSPS) is 17.1. The van der Waals surface area contributed by atoms with E-state index in [4.69, 9.17) is 10.00 Å². The number of nitrogens with one attached hydrogen (secondary N) is 1. The molecule has 1 aliphatic heterocycles. The van der Waals surface area contributed by atoms with Crippen molar-refractivity contribution in [3.05, 3.63) is 23.8 Å². The molecule has 1 heterocycles. The molecule has 88 valence electrons. The lowest BCUT2D eigenvalue weighted by Gasteiger charge is -2.27. The molecule has 0 radical (unpaired) electrons. The summed E-state index contributed by atoms with van der Waals surface area (Å²) in [5, 5.41) is 11.8. The molecular weight excluding hydrogens is 220 g/mol. The molecule has 0 aliphatic carbocycles. The Morgan fingerprint density at radius 2 is 2.53 bits per heavy atom. The van der Waals surface area contributed by atoms with E-state index in [0.717, 1.165) is 5.69 Å². The van der Waals surface area contributed by atoms with Crippen molar-refractivity contribution in [2.24, 2.45) is 0 Å². The lowest BCUT2D eigenvalue weighted by molar-refractivity contribution is 0.0595. The Bertz CT molecular complexity index is 479. The zero-order valence-electron chi connectivity index (χ0n) is 9.40. The van der Waals surface area contributed by atoms with E-state index < -0.39 is 5.97 Å². The summed E-state index contributed by atoms with van der Waals surface area (Å²) in [6.45, 7) is 0.370. The first kappa shape index (κ1) is 11.3. The molecule has 5 heteroatoms. The van der Waals surface area contributed by atoms with E-state index in [1.165, 1.54) is 7.11 Å². The number of methoxy groups -OCH3 is 1. The van der Waals surface area contributed by atoms with E-state index in [1.807, 2.05) is 6.07 Å². The average Bonchev–Trinajstić information content (AvgIpc) is 2.37. The van der Waals surface area contributed by atoms with Crippen LogP contribution in [0.5, 0.6) is 5.75 Å². The van der Waals surface area contributed by atoms with E-state index >= 15 is 0 Å². The van der Waals surface area contributed by atoms with Crippen LogP contribution in [-0.2, 0) is 4.74 Å². The number of anilines is 1. The molecule has 0 spiro atoms. The second-order valence-electron chi connectivity index (χ2n) is 3.69. The summed E-state index contributed by atoms with van der Waals surface area (Å²) in [5.74, 6) is 0.0657. The van der Waals surface area contributed by atoms with Gasteiger partial charge in [0.2, 0.25) is 0 Å². The topological polar surface area (TPSA) is 71.3 Å². The SMILES string of the molecule is COC(=O)c1cccc2c1OCC(CC#N)N2. The van der Waals surface area contributed by atoms with Gasteiger partial charge in [-0.05, 0) is 12.1 Å². The van der Waals surface area contributed by atoms with Gasteiger partial charge in [0, 0.05) is 0 Å². The van der Waals surface area contributed by atoms with E-state index in [9.17, 15) is 4.79 Å². The largest absolute Gasteiger partial charge is 0.488 e. The quantitative estimate of drug-likeness (QED) is 0.783. The standard InChI is InChI=1S/C12H12N2O3/c1-16-12(15)9-3-2-4-10-11(9)17-7-8(14-10)5-6-13/h2-4,8,14H,5,7H2,1H3. The Morgan fingerprint density at radius 1 is 1.71 bits per heavy atom. The van der Waals surface area contributed by atoms with Crippen LogP contribution < -0.4 is 10.1 Å². The number of hydrogen-bond acceptors (Lipinski definition) is 5. The van der Waals surface area contributed by atoms with Crippen molar-refractivity contribution < 1.29 is 14.3 Å². The number of esters is 1. The summed E-state index contributed by atoms with van der Waals surface area (Å²) < 4.78 is 10.2. The molecule has 0 fully saturated rings. The van der Waals surface area contributed by atoms with Gasteiger partial charge in [-0.2, -0.15) is 5.26 Å². The molecule has 1 N–H and O–H groups in total. The molecule has 1 aliphatic rings. The number of fused-ring (bicyclic) bond motifs is 1. The van der Waals surface area contributed by atoms with Crippen molar-refractivity contribution in [2.45, 2.75) is 12.5 Å². The number of nitrogens with zero attached hydrogens (tertiary/aromatic N) is 1. The highest BCUT2D eigenvalue weighted by Crippen LogP contribution is 2.33. The van der Waals surface area contributed by atoms with Crippen molar-refractivity contribution >= 4 is 11.7 Å². The minimum Gasteiger partial charge on any atom is -0.488 e. The van der Waals surface area contributed by atoms with Crippen LogP contribution in [-0.4, -0.2) is 25.7 Å². The predicted molar refractivity (Wildman–Crippen MR) is 60.9 cm³/mol. The maximum Gasteiger partial charge on any atom is 0.341 e. The van der Waals surface area contributed by atoms with E-state index in [2.05, 4.69) is 16.1 Å². The maximum absolute atomic E-state index is 11.5. The lowest BCUT2D eigenvalue weighted by Crippen LogP contribution is -2.31. The molecule has 5 nitrogen and oxygen atoms in total. The fourth-order valence-electron chi connectivity index (χ4n) is 1.74. The first-order chi connectivity index (χ1) is 8.26. The monoisotopic (exact) mass is 232 g/mol. The fraction of sp³-hybridized carbons (Fsp3) is 0.333. The van der Waals surface area contributed by atoms with Gasteiger partial charge in [0.05, 0.1) is 31.3 Å².